The molecule has 0 saturated carbocycles. The number of rotatable bonds is 4. The molecule has 1 amide bonds. The number of carbonyl (C=O) groups is 1. The van der Waals surface area contributed by atoms with Gasteiger partial charge in [-0.25, -0.2) is 0 Å². The topological polar surface area (TPSA) is 49.6 Å². The molecule has 2 atom stereocenters. The lowest BCUT2D eigenvalue weighted by molar-refractivity contribution is -0.130. The third kappa shape index (κ3) is 4.18. The second-order valence-corrected chi connectivity index (χ2v) is 4.87. The van der Waals surface area contributed by atoms with Crippen LogP contribution in [0.5, 0.6) is 0 Å². The van der Waals surface area contributed by atoms with E-state index < -0.39 is 0 Å². The first-order chi connectivity index (χ1) is 6.99. The first-order valence-electron chi connectivity index (χ1n) is 5.67. The molecule has 1 rings (SSSR count). The lowest BCUT2D eigenvalue weighted by atomic mass is 10.1. The van der Waals surface area contributed by atoms with Crippen LogP contribution in [0.4, 0.5) is 0 Å². The van der Waals surface area contributed by atoms with Crippen LogP contribution in [-0.2, 0) is 4.79 Å². The van der Waals surface area contributed by atoms with E-state index in [1.807, 2.05) is 18.9 Å². The van der Waals surface area contributed by atoms with Crippen LogP contribution in [0.2, 0.25) is 0 Å². The molecule has 0 spiro atoms. The fourth-order valence-electron chi connectivity index (χ4n) is 2.10. The number of nitrogens with two attached hydrogens (primary N) is 1. The summed E-state index contributed by atoms with van der Waals surface area (Å²) in [6.07, 6.45) is 1.66. The van der Waals surface area contributed by atoms with Gasteiger partial charge in [0, 0.05) is 32.6 Å². The van der Waals surface area contributed by atoms with Gasteiger partial charge in [0.1, 0.15) is 0 Å². The predicted molar refractivity (Wildman–Crippen MR) is 61.5 cm³/mol. The van der Waals surface area contributed by atoms with Crippen molar-refractivity contribution in [1.82, 2.24) is 9.80 Å². The van der Waals surface area contributed by atoms with Gasteiger partial charge in [-0.15, -0.1) is 0 Å². The van der Waals surface area contributed by atoms with Crippen molar-refractivity contribution in [2.45, 2.75) is 25.8 Å². The van der Waals surface area contributed by atoms with E-state index in [0.717, 1.165) is 19.6 Å². The Bertz CT molecular complexity index is 218. The molecule has 0 aliphatic carbocycles. The summed E-state index contributed by atoms with van der Waals surface area (Å²) in [6.45, 7) is 5.00. The molecule has 0 aromatic carbocycles. The molecule has 15 heavy (non-hydrogen) atoms. The molecule has 1 saturated heterocycles. The molecule has 1 aliphatic heterocycles. The van der Waals surface area contributed by atoms with Gasteiger partial charge in [-0.05, 0) is 32.9 Å². The molecule has 1 aliphatic rings. The van der Waals surface area contributed by atoms with Gasteiger partial charge in [-0.2, -0.15) is 0 Å². The summed E-state index contributed by atoms with van der Waals surface area (Å²) < 4.78 is 0. The van der Waals surface area contributed by atoms with Crippen molar-refractivity contribution < 1.29 is 4.79 Å². The van der Waals surface area contributed by atoms with Crippen LogP contribution in [0, 0.1) is 5.92 Å². The monoisotopic (exact) mass is 213 g/mol. The molecule has 0 aromatic heterocycles. The Kier molecular flexibility index (Phi) is 4.54. The van der Waals surface area contributed by atoms with Crippen LogP contribution in [0.25, 0.3) is 0 Å². The number of hydrogen-bond donors (Lipinski definition) is 1. The maximum atomic E-state index is 11.7. The Morgan fingerprint density at radius 1 is 1.67 bits per heavy atom. The average Bonchev–Trinajstić information content (AvgIpc) is 2.50. The van der Waals surface area contributed by atoms with Crippen molar-refractivity contribution in [2.24, 2.45) is 11.7 Å². The largest absolute Gasteiger partial charge is 0.345 e. The van der Waals surface area contributed by atoms with Crippen LogP contribution in [0.3, 0.4) is 0 Å². The first-order valence-corrected chi connectivity index (χ1v) is 5.67. The van der Waals surface area contributed by atoms with E-state index in [4.69, 9.17) is 5.73 Å². The Morgan fingerprint density at radius 3 is 2.80 bits per heavy atom. The van der Waals surface area contributed by atoms with Crippen molar-refractivity contribution in [3.63, 3.8) is 0 Å². The zero-order valence-electron chi connectivity index (χ0n) is 10.1. The summed E-state index contributed by atoms with van der Waals surface area (Å²) in [5, 5.41) is 0. The minimum atomic E-state index is -0.0359. The van der Waals surface area contributed by atoms with Crippen LogP contribution in [0.1, 0.15) is 19.8 Å². The average molecular weight is 213 g/mol. The molecular weight excluding hydrogens is 190 g/mol. The molecule has 0 bridgehead atoms. The molecular formula is C11H23N3O. The van der Waals surface area contributed by atoms with E-state index in [1.165, 1.54) is 6.42 Å². The highest BCUT2D eigenvalue weighted by molar-refractivity contribution is 5.76. The van der Waals surface area contributed by atoms with Crippen LogP contribution in [-0.4, -0.2) is 55.5 Å². The fraction of sp³-hybridized carbons (Fsp3) is 0.909. The van der Waals surface area contributed by atoms with Gasteiger partial charge in [0.15, 0.2) is 0 Å². The number of likely N-dealkylation sites (tertiary alicyclic amines) is 1. The third-order valence-electron chi connectivity index (χ3n) is 2.94. The normalized spacial score (nSPS) is 24.1. The minimum Gasteiger partial charge on any atom is -0.345 e. The van der Waals surface area contributed by atoms with E-state index in [9.17, 15) is 4.79 Å². The summed E-state index contributed by atoms with van der Waals surface area (Å²) in [4.78, 5) is 15.8. The Hall–Kier alpha value is -0.610. The maximum absolute atomic E-state index is 11.7. The second-order valence-electron chi connectivity index (χ2n) is 4.87. The quantitative estimate of drug-likeness (QED) is 0.722. The first kappa shape index (κ1) is 12.5. The van der Waals surface area contributed by atoms with Crippen molar-refractivity contribution >= 4 is 5.91 Å². The van der Waals surface area contributed by atoms with Gasteiger partial charge in [0.2, 0.25) is 5.91 Å². The van der Waals surface area contributed by atoms with E-state index >= 15 is 0 Å². The lowest BCUT2D eigenvalue weighted by Crippen LogP contribution is -2.35. The molecule has 1 fully saturated rings. The highest BCUT2D eigenvalue weighted by atomic mass is 16.2. The zero-order chi connectivity index (χ0) is 11.4. The lowest BCUT2D eigenvalue weighted by Gasteiger charge is -2.22. The summed E-state index contributed by atoms with van der Waals surface area (Å²) in [5.41, 5.74) is 5.61. The van der Waals surface area contributed by atoms with Crippen LogP contribution in [0.15, 0.2) is 0 Å². The Labute approximate surface area is 92.4 Å². The smallest absolute Gasteiger partial charge is 0.223 e. The molecule has 4 nitrogen and oxygen atoms in total. The van der Waals surface area contributed by atoms with Gasteiger partial charge in [0.25, 0.3) is 0 Å². The highest BCUT2D eigenvalue weighted by Crippen LogP contribution is 2.15. The van der Waals surface area contributed by atoms with Crippen LogP contribution >= 0.6 is 0 Å². The highest BCUT2D eigenvalue weighted by Gasteiger charge is 2.22. The molecule has 4 heteroatoms. The fourth-order valence-corrected chi connectivity index (χ4v) is 2.10. The molecule has 2 unspecified atom stereocenters. The van der Waals surface area contributed by atoms with E-state index in [-0.39, 0.29) is 11.9 Å². The van der Waals surface area contributed by atoms with Crippen LogP contribution < -0.4 is 5.73 Å². The minimum absolute atomic E-state index is 0.0359. The van der Waals surface area contributed by atoms with Gasteiger partial charge < -0.3 is 15.5 Å². The third-order valence-corrected chi connectivity index (χ3v) is 2.94. The number of amides is 1. The molecule has 0 radical (unpaired) electrons. The number of nitrogens with zero attached hydrogens (tertiary/aromatic N) is 2. The number of hydrogen-bond acceptors (Lipinski definition) is 3. The zero-order valence-corrected chi connectivity index (χ0v) is 10.1. The standard InChI is InChI=1S/C11H23N3O/c1-9(12)6-11(15)14(3)8-10-4-5-13(2)7-10/h9-10H,4-8,12H2,1-3H3. The molecule has 88 valence electrons. The molecule has 2 N–H and O–H groups in total. The number of carbonyl (C=O) groups excluding carboxylic acids is 1. The van der Waals surface area contributed by atoms with Crippen molar-refractivity contribution in [1.29, 1.82) is 0 Å². The van der Waals surface area contributed by atoms with Gasteiger partial charge in [-0.3, -0.25) is 4.79 Å². The molecule has 0 aromatic rings. The van der Waals surface area contributed by atoms with Crippen molar-refractivity contribution in [2.75, 3.05) is 33.7 Å². The SMILES string of the molecule is CC(N)CC(=O)N(C)CC1CCN(C)C1. The summed E-state index contributed by atoms with van der Waals surface area (Å²) in [7, 11) is 4.01. The van der Waals surface area contributed by atoms with Gasteiger partial charge >= 0.3 is 0 Å². The van der Waals surface area contributed by atoms with Gasteiger partial charge in [0.05, 0.1) is 0 Å². The van der Waals surface area contributed by atoms with E-state index in [1.54, 1.807) is 0 Å². The summed E-state index contributed by atoms with van der Waals surface area (Å²) in [6, 6.07) is -0.0359. The van der Waals surface area contributed by atoms with Crippen molar-refractivity contribution in [3.05, 3.63) is 0 Å². The van der Waals surface area contributed by atoms with Gasteiger partial charge in [-0.1, -0.05) is 0 Å². The summed E-state index contributed by atoms with van der Waals surface area (Å²) in [5.74, 6) is 0.802. The van der Waals surface area contributed by atoms with Crippen molar-refractivity contribution in [3.8, 4) is 0 Å². The molecule has 1 heterocycles. The summed E-state index contributed by atoms with van der Waals surface area (Å²) >= 11 is 0. The van der Waals surface area contributed by atoms with E-state index in [2.05, 4.69) is 11.9 Å². The maximum Gasteiger partial charge on any atom is 0.223 e. The Balaban J connectivity index is 2.28. The second kappa shape index (κ2) is 5.47. The predicted octanol–water partition coefficient (Wildman–Crippen LogP) is 0.134. The Morgan fingerprint density at radius 2 is 2.33 bits per heavy atom. The van der Waals surface area contributed by atoms with E-state index in [0.29, 0.717) is 12.3 Å².